The average molecular weight is 112 g/mol. The minimum absolute atomic E-state index is 1.11. The third kappa shape index (κ3) is 3.59. The summed E-state index contributed by atoms with van der Waals surface area (Å²) in [5.41, 5.74) is 0. The van der Waals surface area contributed by atoms with Gasteiger partial charge in [0, 0.05) is 6.92 Å². The Morgan fingerprint density at radius 3 is 2.50 bits per heavy atom. The molecular formula is C7H14N+. The van der Waals surface area contributed by atoms with Gasteiger partial charge in [-0.05, 0) is 12.5 Å². The number of nitrogens with zero attached hydrogens (tertiary/aromatic N) is 1. The maximum absolute atomic E-state index is 2.12. The van der Waals surface area contributed by atoms with Gasteiger partial charge in [-0.15, -0.1) is 0 Å². The molecule has 0 heterocycles. The second kappa shape index (κ2) is 4.57. The molecule has 0 saturated heterocycles. The second-order valence-electron chi connectivity index (χ2n) is 1.72. The summed E-state index contributed by atoms with van der Waals surface area (Å²) in [6.45, 7) is 4.14. The molecule has 46 valence electrons. The Kier molecular flexibility index (Phi) is 4.23. The Hall–Kier alpha value is -0.590. The minimum Gasteiger partial charge on any atom is -0.212 e. The highest BCUT2D eigenvalue weighted by molar-refractivity contribution is 5.46. The van der Waals surface area contributed by atoms with E-state index < -0.39 is 0 Å². The summed E-state index contributed by atoms with van der Waals surface area (Å²) >= 11 is 0. The normalized spacial score (nSPS) is 13.1. The van der Waals surface area contributed by atoms with Crippen molar-refractivity contribution in [1.82, 2.24) is 0 Å². The quantitative estimate of drug-likeness (QED) is 0.377. The molecular weight excluding hydrogens is 98.1 g/mol. The van der Waals surface area contributed by atoms with Gasteiger partial charge in [-0.3, -0.25) is 0 Å². The largest absolute Gasteiger partial charge is 0.212 e. The highest BCUT2D eigenvalue weighted by atomic mass is 14.9. The van der Waals surface area contributed by atoms with E-state index in [1.807, 2.05) is 24.8 Å². The SMILES string of the molecule is C/C=[N+](C)\C=C/CC. The fraction of sp³-hybridized carbons (Fsp3) is 0.571. The van der Waals surface area contributed by atoms with E-state index in [4.69, 9.17) is 0 Å². The highest BCUT2D eigenvalue weighted by Crippen LogP contribution is 1.77. The number of hydrogen-bond donors (Lipinski definition) is 0. The van der Waals surface area contributed by atoms with Crippen molar-refractivity contribution < 1.29 is 4.58 Å². The Balaban J connectivity index is 3.53. The summed E-state index contributed by atoms with van der Waals surface area (Å²) in [6, 6.07) is 0. The molecule has 1 nitrogen and oxygen atoms in total. The lowest BCUT2D eigenvalue weighted by atomic mass is 10.5. The first kappa shape index (κ1) is 7.41. The van der Waals surface area contributed by atoms with Crippen molar-refractivity contribution >= 4 is 6.21 Å². The van der Waals surface area contributed by atoms with E-state index in [0.717, 1.165) is 6.42 Å². The molecule has 0 N–H and O–H groups in total. The van der Waals surface area contributed by atoms with Crippen molar-refractivity contribution in [2.45, 2.75) is 20.3 Å². The lowest BCUT2D eigenvalue weighted by molar-refractivity contribution is -0.417. The van der Waals surface area contributed by atoms with E-state index in [1.165, 1.54) is 0 Å². The van der Waals surface area contributed by atoms with Gasteiger partial charge in [-0.2, -0.15) is 0 Å². The molecule has 0 radical (unpaired) electrons. The number of allylic oxidation sites excluding steroid dienone is 1. The predicted octanol–water partition coefficient (Wildman–Crippen LogP) is 1.64. The summed E-state index contributed by atoms with van der Waals surface area (Å²) in [5.74, 6) is 0. The van der Waals surface area contributed by atoms with Crippen LogP contribution in [0.1, 0.15) is 20.3 Å². The van der Waals surface area contributed by atoms with Gasteiger partial charge in [0.05, 0.1) is 0 Å². The summed E-state index contributed by atoms with van der Waals surface area (Å²) in [4.78, 5) is 0. The molecule has 0 aliphatic heterocycles. The second-order valence-corrected chi connectivity index (χ2v) is 1.72. The molecule has 8 heavy (non-hydrogen) atoms. The number of hydrogen-bond acceptors (Lipinski definition) is 0. The van der Waals surface area contributed by atoms with E-state index in [1.54, 1.807) is 0 Å². The van der Waals surface area contributed by atoms with Crippen LogP contribution in [0.3, 0.4) is 0 Å². The molecule has 0 spiro atoms. The molecule has 0 aromatic rings. The molecule has 0 rings (SSSR count). The van der Waals surface area contributed by atoms with E-state index in [0.29, 0.717) is 0 Å². The topological polar surface area (TPSA) is 3.01 Å². The summed E-state index contributed by atoms with van der Waals surface area (Å²) in [6.07, 6.45) is 7.31. The van der Waals surface area contributed by atoms with Gasteiger partial charge >= 0.3 is 0 Å². The van der Waals surface area contributed by atoms with E-state index >= 15 is 0 Å². The van der Waals surface area contributed by atoms with Crippen LogP contribution in [0, 0.1) is 0 Å². The molecule has 0 atom stereocenters. The van der Waals surface area contributed by atoms with Crippen molar-refractivity contribution in [2.24, 2.45) is 0 Å². The van der Waals surface area contributed by atoms with Crippen LogP contribution in [0.15, 0.2) is 12.3 Å². The molecule has 0 bridgehead atoms. The van der Waals surface area contributed by atoms with Gasteiger partial charge in [0.2, 0.25) is 0 Å². The lowest BCUT2D eigenvalue weighted by Crippen LogP contribution is -1.92. The van der Waals surface area contributed by atoms with Crippen LogP contribution in [-0.4, -0.2) is 17.8 Å². The molecule has 1 heteroatoms. The smallest absolute Gasteiger partial charge is 0.164 e. The van der Waals surface area contributed by atoms with Gasteiger partial charge in [-0.1, -0.05) is 6.92 Å². The van der Waals surface area contributed by atoms with Crippen molar-refractivity contribution in [3.63, 3.8) is 0 Å². The standard InChI is InChI=1S/C7H14N/c1-4-6-7-8(3)5-2/h5-7H,4H2,1-3H3/q+1/b7-6-,8-5-. The maximum Gasteiger partial charge on any atom is 0.164 e. The van der Waals surface area contributed by atoms with Gasteiger partial charge in [0.25, 0.3) is 0 Å². The van der Waals surface area contributed by atoms with Crippen molar-refractivity contribution in [2.75, 3.05) is 7.05 Å². The third-order valence-electron chi connectivity index (χ3n) is 0.984. The average Bonchev–Trinajstić information content (AvgIpc) is 1.83. The zero-order chi connectivity index (χ0) is 6.41. The number of rotatable bonds is 2. The monoisotopic (exact) mass is 112 g/mol. The Morgan fingerprint density at radius 1 is 1.50 bits per heavy atom. The van der Waals surface area contributed by atoms with E-state index in [9.17, 15) is 0 Å². The van der Waals surface area contributed by atoms with Crippen LogP contribution in [0.25, 0.3) is 0 Å². The molecule has 0 aliphatic carbocycles. The molecule has 0 fully saturated rings. The Bertz CT molecular complexity index is 101. The van der Waals surface area contributed by atoms with Gasteiger partial charge in [-0.25, -0.2) is 4.58 Å². The fourth-order valence-electron chi connectivity index (χ4n) is 0.358. The zero-order valence-electron chi connectivity index (χ0n) is 5.89. The Labute approximate surface area is 51.3 Å². The molecule has 0 saturated carbocycles. The summed E-state index contributed by atoms with van der Waals surface area (Å²) < 4.78 is 2.03. The predicted molar refractivity (Wildman–Crippen MR) is 37.4 cm³/mol. The molecule has 0 aliphatic rings. The lowest BCUT2D eigenvalue weighted by Gasteiger charge is -1.79. The fourth-order valence-corrected chi connectivity index (χ4v) is 0.358. The van der Waals surface area contributed by atoms with Gasteiger partial charge < -0.3 is 0 Å². The summed E-state index contributed by atoms with van der Waals surface area (Å²) in [7, 11) is 2.02. The molecule has 0 aromatic carbocycles. The van der Waals surface area contributed by atoms with Crippen LogP contribution in [0.2, 0.25) is 0 Å². The van der Waals surface area contributed by atoms with Crippen molar-refractivity contribution in [3.05, 3.63) is 12.3 Å². The van der Waals surface area contributed by atoms with E-state index in [-0.39, 0.29) is 0 Å². The third-order valence-corrected chi connectivity index (χ3v) is 0.984. The van der Waals surface area contributed by atoms with Crippen molar-refractivity contribution in [3.8, 4) is 0 Å². The first-order valence-corrected chi connectivity index (χ1v) is 2.99. The molecule has 0 aromatic heterocycles. The minimum atomic E-state index is 1.11. The van der Waals surface area contributed by atoms with Crippen LogP contribution in [-0.2, 0) is 0 Å². The Morgan fingerprint density at radius 2 is 2.12 bits per heavy atom. The molecule has 0 unspecified atom stereocenters. The van der Waals surface area contributed by atoms with Gasteiger partial charge in [0.15, 0.2) is 6.20 Å². The van der Waals surface area contributed by atoms with Crippen LogP contribution >= 0.6 is 0 Å². The summed E-state index contributed by atoms with van der Waals surface area (Å²) in [5, 5.41) is 0. The van der Waals surface area contributed by atoms with E-state index in [2.05, 4.69) is 19.2 Å². The van der Waals surface area contributed by atoms with Crippen LogP contribution in [0.5, 0.6) is 0 Å². The van der Waals surface area contributed by atoms with Gasteiger partial charge in [0.1, 0.15) is 13.3 Å². The first-order chi connectivity index (χ1) is 3.81. The van der Waals surface area contributed by atoms with Crippen LogP contribution < -0.4 is 0 Å². The maximum atomic E-state index is 2.12. The highest BCUT2D eigenvalue weighted by Gasteiger charge is 1.78. The zero-order valence-corrected chi connectivity index (χ0v) is 5.89. The molecule has 0 amide bonds. The first-order valence-electron chi connectivity index (χ1n) is 2.99. The van der Waals surface area contributed by atoms with Crippen molar-refractivity contribution in [1.29, 1.82) is 0 Å². The van der Waals surface area contributed by atoms with Crippen LogP contribution in [0.4, 0.5) is 0 Å².